The summed E-state index contributed by atoms with van der Waals surface area (Å²) in [5.74, 6) is 0.194. The van der Waals surface area contributed by atoms with Crippen LogP contribution < -0.4 is 5.73 Å². The summed E-state index contributed by atoms with van der Waals surface area (Å²) in [7, 11) is -2.88. The zero-order valence-corrected chi connectivity index (χ0v) is 10.5. The van der Waals surface area contributed by atoms with E-state index in [2.05, 4.69) is 4.98 Å². The van der Waals surface area contributed by atoms with E-state index in [1.54, 1.807) is 12.4 Å². The second-order valence-electron chi connectivity index (χ2n) is 4.17. The van der Waals surface area contributed by atoms with Crippen LogP contribution in [0.3, 0.4) is 0 Å². The van der Waals surface area contributed by atoms with Gasteiger partial charge in [0.25, 0.3) is 0 Å². The van der Waals surface area contributed by atoms with Crippen molar-refractivity contribution in [2.24, 2.45) is 5.73 Å². The summed E-state index contributed by atoms with van der Waals surface area (Å²) in [6.45, 7) is 1.96. The van der Waals surface area contributed by atoms with Gasteiger partial charge in [-0.15, -0.1) is 0 Å². The predicted molar refractivity (Wildman–Crippen MR) is 64.8 cm³/mol. The van der Waals surface area contributed by atoms with Gasteiger partial charge >= 0.3 is 0 Å². The van der Waals surface area contributed by atoms with Crippen LogP contribution in [0.1, 0.15) is 30.0 Å². The summed E-state index contributed by atoms with van der Waals surface area (Å²) >= 11 is 0. The van der Waals surface area contributed by atoms with Crippen molar-refractivity contribution >= 4 is 9.84 Å². The van der Waals surface area contributed by atoms with Gasteiger partial charge in [-0.1, -0.05) is 6.07 Å². The van der Waals surface area contributed by atoms with Crippen molar-refractivity contribution < 1.29 is 8.42 Å². The number of nitrogens with zero attached hydrogens (tertiary/aromatic N) is 1. The van der Waals surface area contributed by atoms with E-state index in [4.69, 9.17) is 5.73 Å². The molecule has 2 N–H and O–H groups in total. The lowest BCUT2D eigenvalue weighted by Crippen LogP contribution is -2.13. The van der Waals surface area contributed by atoms with Gasteiger partial charge in [-0.3, -0.25) is 4.98 Å². The zero-order valence-electron chi connectivity index (χ0n) is 9.68. The smallest absolute Gasteiger partial charge is 0.147 e. The third-order valence-corrected chi connectivity index (χ3v) is 3.38. The van der Waals surface area contributed by atoms with Crippen molar-refractivity contribution in [3.8, 4) is 0 Å². The number of nitrogens with two attached hydrogens (primary N) is 1. The summed E-state index contributed by atoms with van der Waals surface area (Å²) in [4.78, 5) is 4.06. The van der Waals surface area contributed by atoms with E-state index < -0.39 is 9.84 Å². The molecular formula is C11H18N2O2S. The van der Waals surface area contributed by atoms with Crippen LogP contribution in [0.15, 0.2) is 18.5 Å². The van der Waals surface area contributed by atoms with Crippen LogP contribution in [0, 0.1) is 6.92 Å². The molecule has 0 aliphatic heterocycles. The summed E-state index contributed by atoms with van der Waals surface area (Å²) in [6, 6.07) is 1.85. The Morgan fingerprint density at radius 2 is 2.12 bits per heavy atom. The molecule has 0 amide bonds. The molecule has 1 heterocycles. The van der Waals surface area contributed by atoms with Crippen LogP contribution >= 0.6 is 0 Å². The van der Waals surface area contributed by atoms with Crippen molar-refractivity contribution in [1.82, 2.24) is 4.98 Å². The first-order chi connectivity index (χ1) is 7.38. The van der Waals surface area contributed by atoms with Crippen molar-refractivity contribution in [2.75, 3.05) is 12.0 Å². The molecule has 1 aromatic heterocycles. The Kier molecular flexibility index (Phi) is 4.44. The average molecular weight is 242 g/mol. The summed E-state index contributed by atoms with van der Waals surface area (Å²) in [6.07, 6.45) is 6.00. The SMILES string of the molecule is Cc1cncc(C(N)CCCS(C)(=O)=O)c1. The highest BCUT2D eigenvalue weighted by Crippen LogP contribution is 2.15. The van der Waals surface area contributed by atoms with E-state index in [-0.39, 0.29) is 11.8 Å². The Bertz CT molecular complexity index is 443. The second-order valence-corrected chi connectivity index (χ2v) is 6.43. The highest BCUT2D eigenvalue weighted by Gasteiger charge is 2.08. The lowest BCUT2D eigenvalue weighted by Gasteiger charge is -2.11. The monoisotopic (exact) mass is 242 g/mol. The quantitative estimate of drug-likeness (QED) is 0.842. The van der Waals surface area contributed by atoms with Gasteiger partial charge in [0.2, 0.25) is 0 Å². The molecule has 0 saturated heterocycles. The Labute approximate surface area is 96.8 Å². The Morgan fingerprint density at radius 3 is 2.69 bits per heavy atom. The van der Waals surface area contributed by atoms with Crippen LogP contribution in [0.5, 0.6) is 0 Å². The van der Waals surface area contributed by atoms with Gasteiger partial charge < -0.3 is 5.73 Å². The van der Waals surface area contributed by atoms with Crippen LogP contribution in [0.25, 0.3) is 0 Å². The molecule has 1 aromatic rings. The molecule has 0 radical (unpaired) electrons. The topological polar surface area (TPSA) is 73.0 Å². The summed E-state index contributed by atoms with van der Waals surface area (Å²) < 4.78 is 21.9. The van der Waals surface area contributed by atoms with Crippen molar-refractivity contribution in [3.05, 3.63) is 29.6 Å². The molecule has 0 bridgehead atoms. The van der Waals surface area contributed by atoms with Gasteiger partial charge in [0.15, 0.2) is 0 Å². The van der Waals surface area contributed by atoms with Gasteiger partial charge in [-0.25, -0.2) is 8.42 Å². The molecule has 5 heteroatoms. The number of aryl methyl sites for hydroxylation is 1. The van der Waals surface area contributed by atoms with Gasteiger partial charge in [0, 0.05) is 30.4 Å². The summed E-state index contributed by atoms with van der Waals surface area (Å²) in [5, 5.41) is 0. The normalized spacial score (nSPS) is 13.7. The number of hydrogen-bond donors (Lipinski definition) is 1. The van der Waals surface area contributed by atoms with Crippen LogP contribution in [0.2, 0.25) is 0 Å². The zero-order chi connectivity index (χ0) is 12.2. The first kappa shape index (κ1) is 13.1. The molecule has 16 heavy (non-hydrogen) atoms. The molecular weight excluding hydrogens is 224 g/mol. The average Bonchev–Trinajstić information content (AvgIpc) is 2.15. The fourth-order valence-electron chi connectivity index (χ4n) is 1.51. The number of rotatable bonds is 5. The maximum absolute atomic E-state index is 11.0. The minimum Gasteiger partial charge on any atom is -0.324 e. The lowest BCUT2D eigenvalue weighted by atomic mass is 10.0. The lowest BCUT2D eigenvalue weighted by molar-refractivity contribution is 0.587. The first-order valence-electron chi connectivity index (χ1n) is 5.23. The molecule has 0 aliphatic carbocycles. The number of hydrogen-bond acceptors (Lipinski definition) is 4. The van der Waals surface area contributed by atoms with E-state index in [9.17, 15) is 8.42 Å². The van der Waals surface area contributed by atoms with Crippen molar-refractivity contribution in [2.45, 2.75) is 25.8 Å². The van der Waals surface area contributed by atoms with E-state index >= 15 is 0 Å². The maximum atomic E-state index is 11.0. The van der Waals surface area contributed by atoms with Crippen molar-refractivity contribution in [1.29, 1.82) is 0 Å². The second kappa shape index (κ2) is 5.41. The molecule has 1 atom stereocenters. The van der Waals surface area contributed by atoms with E-state index in [1.165, 1.54) is 6.26 Å². The van der Waals surface area contributed by atoms with Crippen molar-refractivity contribution in [3.63, 3.8) is 0 Å². The van der Waals surface area contributed by atoms with Gasteiger partial charge in [0.1, 0.15) is 9.84 Å². The Morgan fingerprint density at radius 1 is 1.44 bits per heavy atom. The highest BCUT2D eigenvalue weighted by molar-refractivity contribution is 7.90. The molecule has 0 aliphatic rings. The van der Waals surface area contributed by atoms with Crippen LogP contribution in [-0.4, -0.2) is 25.4 Å². The minimum absolute atomic E-state index is 0.130. The Balaban J connectivity index is 2.50. The molecule has 0 saturated carbocycles. The van der Waals surface area contributed by atoms with Crippen LogP contribution in [-0.2, 0) is 9.84 Å². The third kappa shape index (κ3) is 4.72. The maximum Gasteiger partial charge on any atom is 0.147 e. The molecule has 90 valence electrons. The van der Waals surface area contributed by atoms with E-state index in [0.29, 0.717) is 12.8 Å². The summed E-state index contributed by atoms with van der Waals surface area (Å²) in [5.41, 5.74) is 7.99. The molecule has 1 rings (SSSR count). The first-order valence-corrected chi connectivity index (χ1v) is 7.29. The van der Waals surface area contributed by atoms with Gasteiger partial charge in [-0.05, 0) is 30.9 Å². The molecule has 0 spiro atoms. The molecule has 0 aromatic carbocycles. The molecule has 1 unspecified atom stereocenters. The molecule has 4 nitrogen and oxygen atoms in total. The van der Waals surface area contributed by atoms with Gasteiger partial charge in [-0.2, -0.15) is 0 Å². The third-order valence-electron chi connectivity index (χ3n) is 2.35. The Hall–Kier alpha value is -0.940. The number of pyridine rings is 1. The standard InChI is InChI=1S/C11H18N2O2S/c1-9-6-10(8-13-7-9)11(12)4-3-5-16(2,14)15/h6-8,11H,3-5,12H2,1-2H3. The highest BCUT2D eigenvalue weighted by atomic mass is 32.2. The largest absolute Gasteiger partial charge is 0.324 e. The number of aromatic nitrogens is 1. The molecule has 0 fully saturated rings. The van der Waals surface area contributed by atoms with E-state index in [1.807, 2.05) is 13.0 Å². The van der Waals surface area contributed by atoms with Gasteiger partial charge in [0.05, 0.1) is 0 Å². The fraction of sp³-hybridized carbons (Fsp3) is 0.545. The fourth-order valence-corrected chi connectivity index (χ4v) is 2.20. The predicted octanol–water partition coefficient (Wildman–Crippen LogP) is 1.21. The minimum atomic E-state index is -2.88. The van der Waals surface area contributed by atoms with E-state index in [0.717, 1.165) is 11.1 Å². The number of sulfone groups is 1. The van der Waals surface area contributed by atoms with Crippen LogP contribution in [0.4, 0.5) is 0 Å².